The largest absolute Gasteiger partial charge is 0.343 e. The molecule has 0 unspecified atom stereocenters. The van der Waals surface area contributed by atoms with Crippen LogP contribution in [0, 0.1) is 0 Å². The summed E-state index contributed by atoms with van der Waals surface area (Å²) in [5, 5.41) is 5.29. The van der Waals surface area contributed by atoms with E-state index >= 15 is 0 Å². The minimum atomic E-state index is -3.99. The van der Waals surface area contributed by atoms with Gasteiger partial charge in [0.05, 0.1) is 17.8 Å². The van der Waals surface area contributed by atoms with Gasteiger partial charge in [-0.15, -0.1) is 0 Å². The van der Waals surface area contributed by atoms with Crippen molar-refractivity contribution in [3.63, 3.8) is 0 Å². The van der Waals surface area contributed by atoms with Crippen molar-refractivity contribution < 1.29 is 18.0 Å². The van der Waals surface area contributed by atoms with Gasteiger partial charge in [-0.2, -0.15) is 0 Å². The van der Waals surface area contributed by atoms with Gasteiger partial charge in [-0.1, -0.05) is 55.5 Å². The summed E-state index contributed by atoms with van der Waals surface area (Å²) in [7, 11) is -2.56. The first kappa shape index (κ1) is 23.0. The van der Waals surface area contributed by atoms with E-state index in [0.29, 0.717) is 11.4 Å². The number of carbonyl (C=O) groups excluding carboxylic acids is 2. The number of benzene rings is 3. The van der Waals surface area contributed by atoms with Crippen LogP contribution in [0.15, 0.2) is 83.8 Å². The van der Waals surface area contributed by atoms with Crippen molar-refractivity contribution in [3.8, 4) is 0 Å². The van der Waals surface area contributed by atoms with Crippen LogP contribution in [0.2, 0.25) is 0 Å². The Morgan fingerprint density at radius 2 is 1.50 bits per heavy atom. The van der Waals surface area contributed by atoms with E-state index in [1.54, 1.807) is 48.5 Å². The zero-order chi connectivity index (χ0) is 23.1. The third-order valence-electron chi connectivity index (χ3n) is 4.97. The van der Waals surface area contributed by atoms with Gasteiger partial charge in [0.2, 0.25) is 5.91 Å². The first-order chi connectivity index (χ1) is 15.3. The van der Waals surface area contributed by atoms with Crippen molar-refractivity contribution in [3.05, 3.63) is 90.0 Å². The van der Waals surface area contributed by atoms with Crippen LogP contribution in [-0.4, -0.2) is 33.8 Å². The number of nitrogens with one attached hydrogen (secondary N) is 2. The molecule has 0 saturated heterocycles. The Labute approximate surface area is 188 Å². The van der Waals surface area contributed by atoms with Crippen molar-refractivity contribution in [1.29, 1.82) is 0 Å². The Balaban J connectivity index is 1.75. The van der Waals surface area contributed by atoms with E-state index < -0.39 is 21.8 Å². The van der Waals surface area contributed by atoms with E-state index in [0.717, 1.165) is 16.3 Å². The highest BCUT2D eigenvalue weighted by molar-refractivity contribution is 7.92. The van der Waals surface area contributed by atoms with Crippen molar-refractivity contribution in [2.24, 2.45) is 0 Å². The predicted octanol–water partition coefficient (Wildman–Crippen LogP) is 3.44. The van der Waals surface area contributed by atoms with E-state index in [-0.39, 0.29) is 17.0 Å². The second-order valence-corrected chi connectivity index (χ2v) is 8.98. The van der Waals surface area contributed by atoms with E-state index in [9.17, 15) is 18.0 Å². The molecule has 0 heterocycles. The van der Waals surface area contributed by atoms with Gasteiger partial charge >= 0.3 is 0 Å². The minimum Gasteiger partial charge on any atom is -0.343 e. The second kappa shape index (κ2) is 10.1. The first-order valence-corrected chi connectivity index (χ1v) is 11.6. The maximum absolute atomic E-state index is 13.2. The van der Waals surface area contributed by atoms with Gasteiger partial charge in [-0.3, -0.25) is 13.9 Å². The van der Waals surface area contributed by atoms with Crippen LogP contribution < -0.4 is 14.9 Å². The van der Waals surface area contributed by atoms with Crippen LogP contribution >= 0.6 is 0 Å². The number of amides is 2. The summed E-state index contributed by atoms with van der Waals surface area (Å²) >= 11 is 0. The number of aryl methyl sites for hydroxylation is 1. The molecule has 3 aromatic carbocycles. The summed E-state index contributed by atoms with van der Waals surface area (Å²) in [5.74, 6) is -1.05. The van der Waals surface area contributed by atoms with E-state index in [2.05, 4.69) is 10.6 Å². The highest BCUT2D eigenvalue weighted by atomic mass is 32.2. The van der Waals surface area contributed by atoms with Crippen LogP contribution in [0.25, 0.3) is 0 Å². The summed E-state index contributed by atoms with van der Waals surface area (Å²) in [5.41, 5.74) is 2.10. The standard InChI is InChI=1S/C24H25N3O4S/c1-3-18-11-7-9-15-21(18)26-23(28)17-25-24(29)20-14-8-10-16-22(20)32(30,31)27(2)19-12-5-4-6-13-19/h4-16H,3,17H2,1-2H3,(H,25,29)(H,26,28). The molecule has 2 amide bonds. The van der Waals surface area contributed by atoms with Gasteiger partial charge in [0.25, 0.3) is 15.9 Å². The first-order valence-electron chi connectivity index (χ1n) is 10.1. The fraction of sp³-hybridized carbons (Fsp3) is 0.167. The molecule has 0 aliphatic carbocycles. The third kappa shape index (κ3) is 5.15. The normalized spacial score (nSPS) is 10.9. The number of carbonyl (C=O) groups is 2. The Morgan fingerprint density at radius 3 is 2.22 bits per heavy atom. The maximum atomic E-state index is 13.2. The van der Waals surface area contributed by atoms with Gasteiger partial charge in [0.1, 0.15) is 4.90 Å². The molecule has 3 aromatic rings. The fourth-order valence-corrected chi connectivity index (χ4v) is 4.59. The highest BCUT2D eigenvalue weighted by Gasteiger charge is 2.26. The van der Waals surface area contributed by atoms with Gasteiger partial charge in [-0.25, -0.2) is 8.42 Å². The molecule has 2 N–H and O–H groups in total. The average molecular weight is 452 g/mol. The van der Waals surface area contributed by atoms with E-state index in [1.165, 1.54) is 19.2 Å². The summed E-state index contributed by atoms with van der Waals surface area (Å²) in [6.07, 6.45) is 0.753. The highest BCUT2D eigenvalue weighted by Crippen LogP contribution is 2.24. The molecule has 0 aromatic heterocycles. The topological polar surface area (TPSA) is 95.6 Å². The minimum absolute atomic E-state index is 0.0305. The molecule has 0 radical (unpaired) electrons. The molecule has 0 saturated carbocycles. The average Bonchev–Trinajstić information content (AvgIpc) is 2.83. The molecule has 0 fully saturated rings. The molecule has 0 aliphatic rings. The number of nitrogens with zero attached hydrogens (tertiary/aromatic N) is 1. The van der Waals surface area contributed by atoms with Crippen molar-refractivity contribution >= 4 is 33.2 Å². The number of rotatable bonds is 8. The van der Waals surface area contributed by atoms with Crippen LogP contribution in [0.3, 0.4) is 0 Å². The van der Waals surface area contributed by atoms with Crippen LogP contribution in [0.4, 0.5) is 11.4 Å². The lowest BCUT2D eigenvalue weighted by molar-refractivity contribution is -0.115. The summed E-state index contributed by atoms with van der Waals surface area (Å²) < 4.78 is 27.5. The maximum Gasteiger partial charge on any atom is 0.264 e. The molecular formula is C24H25N3O4S. The molecule has 166 valence electrons. The van der Waals surface area contributed by atoms with Crippen LogP contribution in [0.5, 0.6) is 0 Å². The molecule has 32 heavy (non-hydrogen) atoms. The Hall–Kier alpha value is -3.65. The van der Waals surface area contributed by atoms with Crippen molar-refractivity contribution in [2.75, 3.05) is 23.2 Å². The van der Waals surface area contributed by atoms with Gasteiger partial charge < -0.3 is 10.6 Å². The van der Waals surface area contributed by atoms with Crippen LogP contribution in [-0.2, 0) is 21.2 Å². The molecule has 0 bridgehead atoms. The third-order valence-corrected chi connectivity index (χ3v) is 6.82. The number of anilines is 2. The zero-order valence-electron chi connectivity index (χ0n) is 17.9. The zero-order valence-corrected chi connectivity index (χ0v) is 18.7. The molecular weight excluding hydrogens is 426 g/mol. The fourth-order valence-electron chi connectivity index (χ4n) is 3.20. The Morgan fingerprint density at radius 1 is 0.875 bits per heavy atom. The number of hydrogen-bond acceptors (Lipinski definition) is 4. The van der Waals surface area contributed by atoms with Gasteiger partial charge in [-0.05, 0) is 42.3 Å². The lowest BCUT2D eigenvalue weighted by Crippen LogP contribution is -2.35. The second-order valence-electron chi connectivity index (χ2n) is 7.05. The SMILES string of the molecule is CCc1ccccc1NC(=O)CNC(=O)c1ccccc1S(=O)(=O)N(C)c1ccccc1. The number of sulfonamides is 1. The Bertz CT molecular complexity index is 1210. The van der Waals surface area contributed by atoms with Gasteiger partial charge in [0.15, 0.2) is 0 Å². The molecule has 3 rings (SSSR count). The van der Waals surface area contributed by atoms with Crippen molar-refractivity contribution in [2.45, 2.75) is 18.2 Å². The predicted molar refractivity (Wildman–Crippen MR) is 125 cm³/mol. The monoisotopic (exact) mass is 451 g/mol. The van der Waals surface area contributed by atoms with Gasteiger partial charge in [0, 0.05) is 12.7 Å². The quantitative estimate of drug-likeness (QED) is 0.548. The van der Waals surface area contributed by atoms with Crippen molar-refractivity contribution in [1.82, 2.24) is 5.32 Å². The molecule has 8 heteroatoms. The molecule has 0 atom stereocenters. The molecule has 0 spiro atoms. The van der Waals surface area contributed by atoms with Crippen LogP contribution in [0.1, 0.15) is 22.8 Å². The summed E-state index contributed by atoms with van der Waals surface area (Å²) in [4.78, 5) is 25.0. The summed E-state index contributed by atoms with van der Waals surface area (Å²) in [6, 6.07) is 21.9. The lowest BCUT2D eigenvalue weighted by Gasteiger charge is -2.21. The molecule has 0 aliphatic heterocycles. The molecule has 7 nitrogen and oxygen atoms in total. The Kier molecular flexibility index (Phi) is 7.27. The number of para-hydroxylation sites is 2. The smallest absolute Gasteiger partial charge is 0.264 e. The van der Waals surface area contributed by atoms with E-state index in [4.69, 9.17) is 0 Å². The van der Waals surface area contributed by atoms with E-state index in [1.807, 2.05) is 25.1 Å². The lowest BCUT2D eigenvalue weighted by atomic mass is 10.1. The number of hydrogen-bond donors (Lipinski definition) is 2. The summed E-state index contributed by atoms with van der Waals surface area (Å²) in [6.45, 7) is 1.69.